The maximum atomic E-state index is 12.4. The fourth-order valence-electron chi connectivity index (χ4n) is 7.48. The second-order valence-electron chi connectivity index (χ2n) is 17.9. The van der Waals surface area contributed by atoms with Crippen molar-refractivity contribution in [2.45, 2.75) is 41.0 Å². The van der Waals surface area contributed by atoms with Gasteiger partial charge in [0, 0.05) is 39.1 Å². The van der Waals surface area contributed by atoms with Crippen LogP contribution in [0.4, 0.5) is 10.8 Å². The number of para-hydroxylation sites is 7. The van der Waals surface area contributed by atoms with Gasteiger partial charge in [-0.3, -0.25) is 19.2 Å². The van der Waals surface area contributed by atoms with Gasteiger partial charge in [0.05, 0.1) is 68.2 Å². The summed E-state index contributed by atoms with van der Waals surface area (Å²) in [5.74, 6) is 0.424. The summed E-state index contributed by atoms with van der Waals surface area (Å²) in [7, 11) is 3.25. The number of carbonyl (C=O) groups excluding carboxylic acids is 4. The molecule has 0 saturated heterocycles. The summed E-state index contributed by atoms with van der Waals surface area (Å²) in [5, 5.41) is 18.5. The van der Waals surface area contributed by atoms with Crippen molar-refractivity contribution in [3.05, 3.63) is 225 Å². The van der Waals surface area contributed by atoms with Crippen molar-refractivity contribution in [1.29, 1.82) is 0 Å². The van der Waals surface area contributed by atoms with Crippen LogP contribution in [0.2, 0.25) is 20.1 Å². The topological polar surface area (TPSA) is 258 Å². The standard InChI is InChI=1S/C19H13ClN2O3S.C11H6BrClO3.C11H7ClO3.C9H11NOS.C8H7ClO.C6H10O3.CH4.2BrH.Cu/c1-24-16-8-3-2-7-14(16)21-19-22-15(10-26-19)12-9-11-5-4-6-13(20)17(11)25-18(12)23;12-5-9(14)7-4-6-2-1-3-8(13)10(6)16-11(7)15;1-6(13)8-5-7-3-2-4-9(12)10(7)15-11(8)14;1-11-8-5-3-2-4-7(8)6-9(10)12;1-2-6-4-3-5-7(9)8(6)10;1-3-9-6(8)4-5(2)7;;;;/h2-10H,1H3,(H,21,22);1-4H,5H2;2-5H,1H3;2-5H,6H2,1H3,(H2,10,12);2-5,10H,1H2;3-4H2,1-2H3;1H4;2*1H;/q;;;;;;;;;+2/p-2. The minimum atomic E-state index is -0.662. The molecule has 0 unspecified atom stereocenters. The average molecular weight is 1610 g/mol. The third-order valence-corrected chi connectivity index (χ3v) is 14.2. The number of thiazole rings is 1. The van der Waals surface area contributed by atoms with Gasteiger partial charge in [-0.2, -0.15) is 0 Å². The Kier molecular flexibility index (Phi) is 35.2. The number of hydrogen-bond donors (Lipinski definition) is 3. The van der Waals surface area contributed by atoms with E-state index in [-0.39, 0.29) is 53.4 Å². The van der Waals surface area contributed by atoms with Gasteiger partial charge in [-0.1, -0.05) is 173 Å². The van der Waals surface area contributed by atoms with Gasteiger partial charge in [0.15, 0.2) is 33.4 Å². The van der Waals surface area contributed by atoms with Crippen molar-refractivity contribution in [3.63, 3.8) is 0 Å². The Balaban J connectivity index is 0.000000296. The van der Waals surface area contributed by atoms with Crippen molar-refractivity contribution in [2.75, 3.05) is 31.5 Å². The van der Waals surface area contributed by atoms with Gasteiger partial charge in [-0.15, -0.1) is 11.3 Å². The summed E-state index contributed by atoms with van der Waals surface area (Å²) >= 11 is 40.0. The molecule has 0 aliphatic carbocycles. The Hall–Kier alpha value is -6.99. The van der Waals surface area contributed by atoms with E-state index in [4.69, 9.17) is 87.1 Å². The number of ketones is 3. The second-order valence-corrected chi connectivity index (χ2v) is 26.2. The molecule has 4 N–H and O–H groups in total. The summed E-state index contributed by atoms with van der Waals surface area (Å²) in [6.45, 7) is 8.24. The van der Waals surface area contributed by atoms with Gasteiger partial charge in [0.1, 0.15) is 40.6 Å². The zero-order chi connectivity index (χ0) is 67.3. The minimum absolute atomic E-state index is 0. The molecular weight excluding hydrogens is 1560 g/mol. The van der Waals surface area contributed by atoms with Crippen molar-refractivity contribution in [2.24, 2.45) is 5.73 Å². The summed E-state index contributed by atoms with van der Waals surface area (Å²) < 4.78 is 30.3. The van der Waals surface area contributed by atoms with Crippen LogP contribution in [0, 0.1) is 0 Å². The molecule has 17 nitrogen and oxygen atoms in total. The Morgan fingerprint density at radius 3 is 1.68 bits per heavy atom. The fourth-order valence-corrected chi connectivity index (χ4v) is 9.51. The number of thiocarbonyl (C=S) groups is 1. The van der Waals surface area contributed by atoms with Crippen molar-refractivity contribution >= 4 is 192 Å². The number of fused-ring (bicyclic) bond motifs is 3. The number of aromatic hydroxyl groups is 1. The normalized spacial score (nSPS) is 9.96. The molecule has 0 bridgehead atoms. The monoisotopic (exact) mass is 1610 g/mol. The number of rotatable bonds is 14. The van der Waals surface area contributed by atoms with Gasteiger partial charge in [-0.25, -0.2) is 19.4 Å². The van der Waals surface area contributed by atoms with Crippen LogP contribution in [-0.4, -0.2) is 64.6 Å². The van der Waals surface area contributed by atoms with Crippen LogP contribution >= 0.6 is 114 Å². The molecule has 10 rings (SSSR count). The molecule has 92 heavy (non-hydrogen) atoms. The number of Topliss-reactive ketones (excluding diaryl/α,β-unsaturated/α-hetero) is 3. The molecular formula is C65H58Br3Cl4CuN3O14S2. The summed E-state index contributed by atoms with van der Waals surface area (Å²) in [5.41, 5.74) is 8.15. The molecule has 0 fully saturated rings. The Morgan fingerprint density at radius 1 is 0.717 bits per heavy atom. The molecule has 0 spiro atoms. The van der Waals surface area contributed by atoms with Gasteiger partial charge in [0.2, 0.25) is 0 Å². The van der Waals surface area contributed by atoms with E-state index >= 15 is 0 Å². The second kappa shape index (κ2) is 40.9. The number of alkyl halides is 1. The zero-order valence-corrected chi connectivity index (χ0v) is 58.9. The van der Waals surface area contributed by atoms with E-state index in [0.717, 1.165) is 22.4 Å². The van der Waals surface area contributed by atoms with Crippen molar-refractivity contribution in [1.82, 2.24) is 4.98 Å². The number of methoxy groups -OCH3 is 2. The number of phenols is 1. The predicted molar refractivity (Wildman–Crippen MR) is 381 cm³/mol. The van der Waals surface area contributed by atoms with Crippen LogP contribution in [0.15, 0.2) is 179 Å². The van der Waals surface area contributed by atoms with Gasteiger partial charge in [-0.05, 0) is 81.4 Å². The van der Waals surface area contributed by atoms with Gasteiger partial charge >= 0.3 is 62.4 Å². The molecule has 0 aliphatic rings. The van der Waals surface area contributed by atoms with Crippen molar-refractivity contribution < 1.29 is 63.1 Å². The first kappa shape index (κ1) is 79.2. The summed E-state index contributed by atoms with van der Waals surface area (Å²) in [6.07, 6.45) is 2.05. The number of phenolic OH excluding ortho intramolecular Hbond substituents is 1. The molecule has 0 radical (unpaired) electrons. The quantitative estimate of drug-likeness (QED) is 0.0174. The molecule has 0 atom stereocenters. The van der Waals surface area contributed by atoms with E-state index in [2.05, 4.69) is 65.8 Å². The van der Waals surface area contributed by atoms with E-state index in [0.29, 0.717) is 93.3 Å². The van der Waals surface area contributed by atoms with E-state index in [1.54, 1.807) is 99.3 Å². The molecule has 0 saturated carbocycles. The van der Waals surface area contributed by atoms with E-state index in [9.17, 15) is 38.7 Å². The number of ether oxygens (including phenoxy) is 3. The van der Waals surface area contributed by atoms with E-state index in [1.165, 1.54) is 48.7 Å². The Morgan fingerprint density at radius 2 is 1.20 bits per heavy atom. The fraction of sp³-hybridized carbons (Fsp3) is 0.154. The number of aromatic nitrogens is 1. The molecule has 489 valence electrons. The first-order valence-corrected chi connectivity index (χ1v) is 34.6. The SMILES string of the molecule is C.C=Cc1cccc(Cl)c1O.CC(=O)c1cc2cccc(Cl)c2oc1=O.CCOC(=O)CC(C)=O.COc1ccccc1CC(N)=S.COc1ccccc1Nc1nc(-c2cc3cccc(Cl)c3oc2=O)cs1.O=C(CBr)c1cc2cccc(Cl)c2oc1=O.[Br][Cu][Br]. The number of hydrogen-bond acceptors (Lipinski definition) is 18. The maximum absolute atomic E-state index is 12.4. The van der Waals surface area contributed by atoms with Crippen LogP contribution in [0.3, 0.4) is 0 Å². The number of esters is 1. The van der Waals surface area contributed by atoms with E-state index < -0.39 is 22.8 Å². The molecule has 0 aliphatic heterocycles. The Labute approximate surface area is 586 Å². The molecule has 10 aromatic rings. The Bertz CT molecular complexity index is 4380. The molecule has 27 heteroatoms. The van der Waals surface area contributed by atoms with E-state index in [1.807, 2.05) is 60.7 Å². The van der Waals surface area contributed by atoms with Gasteiger partial charge < -0.3 is 43.6 Å². The first-order chi connectivity index (χ1) is 43.4. The number of benzene rings is 6. The van der Waals surface area contributed by atoms with Crippen LogP contribution in [0.25, 0.3) is 50.2 Å². The predicted octanol–water partition coefficient (Wildman–Crippen LogP) is 18.1. The van der Waals surface area contributed by atoms with Crippen LogP contribution < -0.4 is 37.4 Å². The summed E-state index contributed by atoms with van der Waals surface area (Å²) in [6, 6.07) is 40.6. The first-order valence-electron chi connectivity index (χ1n) is 26.0. The number of nitrogens with two attached hydrogens (primary N) is 1. The summed E-state index contributed by atoms with van der Waals surface area (Å²) in [4.78, 5) is 83.4. The molecule has 4 heterocycles. The van der Waals surface area contributed by atoms with Crippen LogP contribution in [0.1, 0.15) is 66.5 Å². The van der Waals surface area contributed by atoms with Crippen LogP contribution in [-0.2, 0) is 32.1 Å². The molecule has 4 aromatic heterocycles. The van der Waals surface area contributed by atoms with Crippen LogP contribution in [0.5, 0.6) is 17.2 Å². The average Bonchev–Trinajstić information content (AvgIpc) is 1.22. The number of carbonyl (C=O) groups is 4. The number of nitrogens with zero attached hydrogens (tertiary/aromatic N) is 1. The number of anilines is 2. The number of nitrogens with one attached hydrogen (secondary N) is 1. The van der Waals surface area contributed by atoms with Crippen molar-refractivity contribution in [3.8, 4) is 28.5 Å². The van der Waals surface area contributed by atoms with Gasteiger partial charge in [0.25, 0.3) is 0 Å². The number of halogens is 7. The molecule has 0 amide bonds. The third kappa shape index (κ3) is 24.5. The zero-order valence-electron chi connectivity index (χ0n) is 48.5. The molecule has 6 aromatic carbocycles. The third-order valence-electron chi connectivity index (χ3n) is 11.6.